The summed E-state index contributed by atoms with van der Waals surface area (Å²) in [5, 5.41) is 3.02. The van der Waals surface area contributed by atoms with Gasteiger partial charge in [-0.1, -0.05) is 20.3 Å². The van der Waals surface area contributed by atoms with Gasteiger partial charge in [-0.25, -0.2) is 0 Å². The molecule has 0 bridgehead atoms. The van der Waals surface area contributed by atoms with Gasteiger partial charge >= 0.3 is 0 Å². The van der Waals surface area contributed by atoms with Crippen molar-refractivity contribution in [2.45, 2.75) is 70.5 Å². The van der Waals surface area contributed by atoms with E-state index in [2.05, 4.69) is 12.2 Å². The van der Waals surface area contributed by atoms with Gasteiger partial charge in [0.15, 0.2) is 0 Å². The lowest BCUT2D eigenvalue weighted by atomic mass is 9.88. The Labute approximate surface area is 114 Å². The first-order chi connectivity index (χ1) is 9.02. The van der Waals surface area contributed by atoms with Gasteiger partial charge < -0.3 is 10.2 Å². The van der Waals surface area contributed by atoms with E-state index in [-0.39, 0.29) is 17.9 Å². The molecule has 0 aromatic carbocycles. The minimum atomic E-state index is -0.635. The number of hydrogen-bond donors (Lipinski definition) is 1. The highest BCUT2D eigenvalue weighted by atomic mass is 16.2. The van der Waals surface area contributed by atoms with Crippen LogP contribution in [-0.4, -0.2) is 34.3 Å². The zero-order valence-corrected chi connectivity index (χ0v) is 12.1. The second kappa shape index (κ2) is 4.22. The van der Waals surface area contributed by atoms with Crippen molar-refractivity contribution in [1.82, 2.24) is 10.2 Å². The lowest BCUT2D eigenvalue weighted by Gasteiger charge is -2.45. The van der Waals surface area contributed by atoms with Crippen LogP contribution in [0.2, 0.25) is 0 Å². The lowest BCUT2D eigenvalue weighted by Crippen LogP contribution is -2.70. The van der Waals surface area contributed by atoms with E-state index < -0.39 is 5.54 Å². The number of nitrogens with one attached hydrogen (secondary N) is 1. The van der Waals surface area contributed by atoms with E-state index in [0.29, 0.717) is 24.3 Å². The molecule has 0 radical (unpaired) electrons. The Bertz CT molecular complexity index is 418. The number of amides is 2. The SMILES string of the molecule is CCC1CC1N1C(=O)C(C)(C2CC2)NC(=O)C1CC. The van der Waals surface area contributed by atoms with E-state index in [4.69, 9.17) is 0 Å². The first kappa shape index (κ1) is 12.9. The number of carbonyl (C=O) groups is 2. The molecule has 4 unspecified atom stereocenters. The van der Waals surface area contributed by atoms with Crippen LogP contribution < -0.4 is 5.32 Å². The largest absolute Gasteiger partial charge is 0.340 e. The van der Waals surface area contributed by atoms with Gasteiger partial charge in [-0.15, -0.1) is 0 Å². The predicted molar refractivity (Wildman–Crippen MR) is 72.4 cm³/mol. The molecule has 19 heavy (non-hydrogen) atoms. The molecule has 1 saturated heterocycles. The minimum absolute atomic E-state index is 0.0539. The second-order valence-corrected chi connectivity index (χ2v) is 6.57. The Kier molecular flexibility index (Phi) is 2.88. The van der Waals surface area contributed by atoms with Crippen molar-refractivity contribution in [3.05, 3.63) is 0 Å². The van der Waals surface area contributed by atoms with Crippen molar-refractivity contribution in [3.8, 4) is 0 Å². The Morgan fingerprint density at radius 2 is 1.95 bits per heavy atom. The maximum absolute atomic E-state index is 12.9. The maximum Gasteiger partial charge on any atom is 0.249 e. The third kappa shape index (κ3) is 1.87. The average Bonchev–Trinajstić information content (AvgIpc) is 3.26. The Balaban J connectivity index is 1.88. The molecule has 1 N–H and O–H groups in total. The van der Waals surface area contributed by atoms with Gasteiger partial charge in [0.1, 0.15) is 11.6 Å². The molecular weight excluding hydrogens is 240 g/mol. The fourth-order valence-corrected chi connectivity index (χ4v) is 3.64. The lowest BCUT2D eigenvalue weighted by molar-refractivity contribution is -0.156. The zero-order chi connectivity index (χ0) is 13.8. The van der Waals surface area contributed by atoms with Crippen LogP contribution in [0, 0.1) is 11.8 Å². The van der Waals surface area contributed by atoms with Crippen molar-refractivity contribution in [2.24, 2.45) is 11.8 Å². The molecule has 106 valence electrons. The van der Waals surface area contributed by atoms with E-state index in [0.717, 1.165) is 25.7 Å². The summed E-state index contributed by atoms with van der Waals surface area (Å²) in [6.45, 7) is 6.08. The summed E-state index contributed by atoms with van der Waals surface area (Å²) in [4.78, 5) is 27.2. The van der Waals surface area contributed by atoms with Crippen LogP contribution in [0.25, 0.3) is 0 Å². The average molecular weight is 264 g/mol. The second-order valence-electron chi connectivity index (χ2n) is 6.57. The summed E-state index contributed by atoms with van der Waals surface area (Å²) in [5.74, 6) is 1.18. The Morgan fingerprint density at radius 1 is 1.26 bits per heavy atom. The summed E-state index contributed by atoms with van der Waals surface area (Å²) in [6.07, 6.45) is 5.02. The molecular formula is C15H24N2O2. The van der Waals surface area contributed by atoms with Gasteiger partial charge in [0, 0.05) is 6.04 Å². The summed E-state index contributed by atoms with van der Waals surface area (Å²) in [7, 11) is 0. The summed E-state index contributed by atoms with van der Waals surface area (Å²) >= 11 is 0. The molecule has 3 fully saturated rings. The fraction of sp³-hybridized carbons (Fsp3) is 0.867. The van der Waals surface area contributed by atoms with Gasteiger partial charge in [-0.3, -0.25) is 9.59 Å². The van der Waals surface area contributed by atoms with Crippen LogP contribution in [0.1, 0.15) is 52.9 Å². The van der Waals surface area contributed by atoms with Crippen LogP contribution in [-0.2, 0) is 9.59 Å². The molecule has 3 rings (SSSR count). The molecule has 4 nitrogen and oxygen atoms in total. The van der Waals surface area contributed by atoms with Gasteiger partial charge in [-0.2, -0.15) is 0 Å². The quantitative estimate of drug-likeness (QED) is 0.840. The van der Waals surface area contributed by atoms with Crippen LogP contribution >= 0.6 is 0 Å². The molecule has 2 saturated carbocycles. The fourth-order valence-electron chi connectivity index (χ4n) is 3.64. The van der Waals surface area contributed by atoms with Crippen molar-refractivity contribution in [3.63, 3.8) is 0 Å². The predicted octanol–water partition coefficient (Wildman–Crippen LogP) is 1.69. The Hall–Kier alpha value is -1.06. The summed E-state index contributed by atoms with van der Waals surface area (Å²) in [6, 6.07) is 0.0625. The van der Waals surface area contributed by atoms with Crippen molar-refractivity contribution >= 4 is 11.8 Å². The van der Waals surface area contributed by atoms with Crippen molar-refractivity contribution in [1.29, 1.82) is 0 Å². The molecule has 0 spiro atoms. The van der Waals surface area contributed by atoms with Gasteiger partial charge in [0.05, 0.1) is 0 Å². The van der Waals surface area contributed by atoms with Crippen LogP contribution in [0.15, 0.2) is 0 Å². The van der Waals surface area contributed by atoms with Crippen molar-refractivity contribution < 1.29 is 9.59 Å². The van der Waals surface area contributed by atoms with Gasteiger partial charge in [0.25, 0.3) is 0 Å². The summed E-state index contributed by atoms with van der Waals surface area (Å²) in [5.41, 5.74) is -0.635. The monoisotopic (exact) mass is 264 g/mol. The summed E-state index contributed by atoms with van der Waals surface area (Å²) < 4.78 is 0. The van der Waals surface area contributed by atoms with Crippen molar-refractivity contribution in [2.75, 3.05) is 0 Å². The molecule has 0 aromatic heterocycles. The zero-order valence-electron chi connectivity index (χ0n) is 12.1. The third-order valence-electron chi connectivity index (χ3n) is 5.25. The van der Waals surface area contributed by atoms with Crippen LogP contribution in [0.5, 0.6) is 0 Å². The number of nitrogens with zero attached hydrogens (tertiary/aromatic N) is 1. The smallest absolute Gasteiger partial charge is 0.249 e. The maximum atomic E-state index is 12.9. The first-order valence-corrected chi connectivity index (χ1v) is 7.67. The highest BCUT2D eigenvalue weighted by molar-refractivity contribution is 6.00. The van der Waals surface area contributed by atoms with E-state index >= 15 is 0 Å². The number of hydrogen-bond acceptors (Lipinski definition) is 2. The number of rotatable bonds is 4. The molecule has 2 aliphatic carbocycles. The van der Waals surface area contributed by atoms with Crippen LogP contribution in [0.4, 0.5) is 0 Å². The normalized spacial score (nSPS) is 42.3. The number of carbonyl (C=O) groups excluding carboxylic acids is 2. The molecule has 0 aromatic rings. The molecule has 4 heteroatoms. The van der Waals surface area contributed by atoms with E-state index in [9.17, 15) is 9.59 Å². The van der Waals surface area contributed by atoms with Crippen LogP contribution in [0.3, 0.4) is 0 Å². The molecule has 1 heterocycles. The van der Waals surface area contributed by atoms with E-state index in [1.54, 1.807) is 0 Å². The highest BCUT2D eigenvalue weighted by Crippen LogP contribution is 2.47. The topological polar surface area (TPSA) is 49.4 Å². The first-order valence-electron chi connectivity index (χ1n) is 7.67. The third-order valence-corrected chi connectivity index (χ3v) is 5.25. The standard InChI is InChI=1S/C15H24N2O2/c1-4-9-8-12(9)17-11(5-2)13(18)16-15(3,14(17)19)10-6-7-10/h9-12H,4-8H2,1-3H3,(H,16,18). The molecule has 2 amide bonds. The molecule has 4 atom stereocenters. The van der Waals surface area contributed by atoms with E-state index in [1.165, 1.54) is 0 Å². The molecule has 3 aliphatic rings. The highest BCUT2D eigenvalue weighted by Gasteiger charge is 2.59. The van der Waals surface area contributed by atoms with E-state index in [1.807, 2.05) is 18.7 Å². The van der Waals surface area contributed by atoms with Gasteiger partial charge in [-0.05, 0) is 44.4 Å². The minimum Gasteiger partial charge on any atom is -0.340 e. The number of piperazine rings is 1. The van der Waals surface area contributed by atoms with Gasteiger partial charge in [0.2, 0.25) is 11.8 Å². The Morgan fingerprint density at radius 3 is 2.42 bits per heavy atom. The molecule has 1 aliphatic heterocycles.